The molecular weight excluding hydrogens is 663 g/mol. The number of thiophene rings is 1. The lowest BCUT2D eigenvalue weighted by molar-refractivity contribution is 0.673. The van der Waals surface area contributed by atoms with Gasteiger partial charge in [-0.25, -0.2) is 0 Å². The Labute approximate surface area is 310 Å². The summed E-state index contributed by atoms with van der Waals surface area (Å²) in [6, 6.07) is 68.0. The Balaban J connectivity index is 1.02. The molecule has 0 aliphatic carbocycles. The molecule has 0 spiro atoms. The van der Waals surface area contributed by atoms with E-state index in [4.69, 9.17) is 4.42 Å². The highest BCUT2D eigenvalue weighted by Gasteiger charge is 2.18. The number of benzene rings is 9. The number of nitrogens with zero attached hydrogens (tertiary/aromatic N) is 1. The van der Waals surface area contributed by atoms with Crippen LogP contribution in [0.4, 0.5) is 17.1 Å². The normalized spacial score (nSPS) is 11.8. The van der Waals surface area contributed by atoms with E-state index >= 15 is 0 Å². The monoisotopic (exact) mass is 693 g/mol. The van der Waals surface area contributed by atoms with Gasteiger partial charge in [-0.3, -0.25) is 0 Å². The molecule has 0 fully saturated rings. The van der Waals surface area contributed by atoms with Crippen LogP contribution in [0.5, 0.6) is 0 Å². The first kappa shape index (κ1) is 30.0. The van der Waals surface area contributed by atoms with Crippen LogP contribution in [0.2, 0.25) is 0 Å². The second-order valence-electron chi connectivity index (χ2n) is 13.7. The lowest BCUT2D eigenvalue weighted by Crippen LogP contribution is -2.10. The summed E-state index contributed by atoms with van der Waals surface area (Å²) in [5.41, 5.74) is 9.94. The number of rotatable bonds is 5. The van der Waals surface area contributed by atoms with Crippen molar-refractivity contribution in [3.8, 4) is 22.3 Å². The molecule has 2 aromatic heterocycles. The molecule has 0 aliphatic rings. The van der Waals surface area contributed by atoms with Crippen LogP contribution < -0.4 is 4.90 Å². The van der Waals surface area contributed by atoms with Crippen LogP contribution in [0.1, 0.15) is 0 Å². The summed E-state index contributed by atoms with van der Waals surface area (Å²) < 4.78 is 9.17. The fourth-order valence-corrected chi connectivity index (χ4v) is 9.21. The second kappa shape index (κ2) is 11.9. The third-order valence-corrected chi connectivity index (χ3v) is 11.8. The molecule has 0 unspecified atom stereocenters. The molecule has 0 atom stereocenters. The van der Waals surface area contributed by atoms with E-state index in [2.05, 4.69) is 193 Å². The molecule has 53 heavy (non-hydrogen) atoms. The summed E-state index contributed by atoms with van der Waals surface area (Å²) in [6.45, 7) is 0. The van der Waals surface area contributed by atoms with Crippen molar-refractivity contribution < 1.29 is 4.42 Å². The Kier molecular flexibility index (Phi) is 6.76. The van der Waals surface area contributed by atoms with Gasteiger partial charge in [0, 0.05) is 53.1 Å². The largest absolute Gasteiger partial charge is 0.455 e. The summed E-state index contributed by atoms with van der Waals surface area (Å²) in [4.78, 5) is 2.38. The van der Waals surface area contributed by atoms with Gasteiger partial charge in [-0.15, -0.1) is 11.3 Å². The number of hydrogen-bond donors (Lipinski definition) is 0. The van der Waals surface area contributed by atoms with Gasteiger partial charge >= 0.3 is 0 Å². The maximum Gasteiger partial charge on any atom is 0.143 e. The van der Waals surface area contributed by atoms with Crippen molar-refractivity contribution in [2.75, 3.05) is 4.90 Å². The Morgan fingerprint density at radius 2 is 1.02 bits per heavy atom. The van der Waals surface area contributed by atoms with Gasteiger partial charge in [0.15, 0.2) is 0 Å². The quantitative estimate of drug-likeness (QED) is 0.178. The molecule has 0 radical (unpaired) electrons. The highest BCUT2D eigenvalue weighted by Crippen LogP contribution is 2.43. The Bertz CT molecular complexity index is 3160. The van der Waals surface area contributed by atoms with E-state index in [9.17, 15) is 0 Å². The molecule has 0 amide bonds. The van der Waals surface area contributed by atoms with Crippen LogP contribution in [0, 0.1) is 0 Å². The minimum Gasteiger partial charge on any atom is -0.455 e. The van der Waals surface area contributed by atoms with Gasteiger partial charge in [0.2, 0.25) is 0 Å². The lowest BCUT2D eigenvalue weighted by Gasteiger charge is -2.27. The van der Waals surface area contributed by atoms with Crippen molar-refractivity contribution in [2.24, 2.45) is 0 Å². The Hall–Kier alpha value is -6.68. The van der Waals surface area contributed by atoms with Gasteiger partial charge in [-0.1, -0.05) is 127 Å². The van der Waals surface area contributed by atoms with Crippen molar-refractivity contribution in [1.82, 2.24) is 0 Å². The third-order valence-electron chi connectivity index (χ3n) is 10.7. The van der Waals surface area contributed by atoms with Gasteiger partial charge in [0.05, 0.1) is 5.69 Å². The van der Waals surface area contributed by atoms with Crippen LogP contribution in [0.25, 0.3) is 85.9 Å². The van der Waals surface area contributed by atoms with Gasteiger partial charge in [0.1, 0.15) is 11.2 Å². The zero-order chi connectivity index (χ0) is 34.9. The predicted octanol–water partition coefficient (Wildman–Crippen LogP) is 15.1. The van der Waals surface area contributed by atoms with Crippen molar-refractivity contribution >= 4 is 92.1 Å². The Morgan fingerprint density at radius 3 is 1.83 bits per heavy atom. The van der Waals surface area contributed by atoms with Crippen LogP contribution in [0.3, 0.4) is 0 Å². The molecule has 0 N–H and O–H groups in total. The van der Waals surface area contributed by atoms with E-state index < -0.39 is 0 Å². The average Bonchev–Trinajstić information content (AvgIpc) is 3.80. The van der Waals surface area contributed by atoms with E-state index in [1.54, 1.807) is 0 Å². The molecule has 2 heterocycles. The highest BCUT2D eigenvalue weighted by atomic mass is 32.1. The topological polar surface area (TPSA) is 16.4 Å². The minimum atomic E-state index is 0.904. The number of hydrogen-bond acceptors (Lipinski definition) is 3. The van der Waals surface area contributed by atoms with Gasteiger partial charge in [-0.2, -0.15) is 0 Å². The van der Waals surface area contributed by atoms with E-state index in [1.165, 1.54) is 53.0 Å². The van der Waals surface area contributed by atoms with Crippen molar-refractivity contribution in [3.63, 3.8) is 0 Å². The van der Waals surface area contributed by atoms with Crippen LogP contribution in [0.15, 0.2) is 192 Å². The standard InChI is InChI=1S/C50H31NOS/c1-3-12-39-33(9-1)11-7-16-45(39)51(37-25-19-32(20-26-37)36-24-30-48-44(31-36)42-14-5-6-18-47(42)53-48)38-27-21-35(22-28-38)40-15-8-17-46-49(40)43-29-23-34-10-2-4-13-41(34)50(43)52-46/h1-31H. The fourth-order valence-electron chi connectivity index (χ4n) is 8.12. The first-order chi connectivity index (χ1) is 26.3. The molecule has 11 rings (SSSR count). The van der Waals surface area contributed by atoms with Gasteiger partial charge in [-0.05, 0) is 93.7 Å². The zero-order valence-electron chi connectivity index (χ0n) is 28.7. The van der Waals surface area contributed by atoms with Crippen molar-refractivity contribution in [3.05, 3.63) is 188 Å². The van der Waals surface area contributed by atoms with Crippen LogP contribution >= 0.6 is 11.3 Å². The zero-order valence-corrected chi connectivity index (χ0v) is 29.5. The molecule has 248 valence electrons. The van der Waals surface area contributed by atoms with Gasteiger partial charge in [0.25, 0.3) is 0 Å². The summed E-state index contributed by atoms with van der Waals surface area (Å²) in [5.74, 6) is 0. The second-order valence-corrected chi connectivity index (χ2v) is 14.8. The molecule has 0 aliphatic heterocycles. The maximum absolute atomic E-state index is 6.52. The number of fused-ring (bicyclic) bond motifs is 9. The maximum atomic E-state index is 6.52. The van der Waals surface area contributed by atoms with Gasteiger partial charge < -0.3 is 9.32 Å². The molecule has 0 bridgehead atoms. The highest BCUT2D eigenvalue weighted by molar-refractivity contribution is 7.25. The van der Waals surface area contributed by atoms with Crippen molar-refractivity contribution in [1.29, 1.82) is 0 Å². The Morgan fingerprint density at radius 1 is 0.396 bits per heavy atom. The number of anilines is 3. The lowest BCUT2D eigenvalue weighted by atomic mass is 9.97. The SMILES string of the molecule is c1ccc2c(N(c3ccc(-c4ccc5sc6ccccc6c5c4)cc3)c3ccc(-c4cccc5oc6c7ccccc7ccc6c45)cc3)cccc2c1. The van der Waals surface area contributed by atoms with E-state index in [0.29, 0.717) is 0 Å². The summed E-state index contributed by atoms with van der Waals surface area (Å²) in [6.07, 6.45) is 0. The minimum absolute atomic E-state index is 0.904. The molecule has 0 saturated heterocycles. The fraction of sp³-hybridized carbons (Fsp3) is 0. The summed E-state index contributed by atoms with van der Waals surface area (Å²) >= 11 is 1.86. The molecule has 2 nitrogen and oxygen atoms in total. The first-order valence-electron chi connectivity index (χ1n) is 18.0. The van der Waals surface area contributed by atoms with Crippen LogP contribution in [-0.4, -0.2) is 0 Å². The molecule has 0 saturated carbocycles. The number of furan rings is 1. The van der Waals surface area contributed by atoms with Crippen molar-refractivity contribution in [2.45, 2.75) is 0 Å². The molecule has 9 aromatic carbocycles. The molecule has 3 heteroatoms. The van der Waals surface area contributed by atoms with Crippen LogP contribution in [-0.2, 0) is 0 Å². The van der Waals surface area contributed by atoms with E-state index in [1.807, 2.05) is 11.3 Å². The average molecular weight is 694 g/mol. The van der Waals surface area contributed by atoms with E-state index in [0.717, 1.165) is 50.0 Å². The van der Waals surface area contributed by atoms with E-state index in [-0.39, 0.29) is 0 Å². The first-order valence-corrected chi connectivity index (χ1v) is 18.8. The predicted molar refractivity (Wildman–Crippen MR) is 227 cm³/mol. The third kappa shape index (κ3) is 4.86. The smallest absolute Gasteiger partial charge is 0.143 e. The summed E-state index contributed by atoms with van der Waals surface area (Å²) in [5, 5.41) is 9.67. The molecule has 11 aromatic rings. The summed E-state index contributed by atoms with van der Waals surface area (Å²) in [7, 11) is 0. The molecular formula is C50H31NOS.